The molecule has 0 spiro atoms. The second kappa shape index (κ2) is 15.2. The number of nitrogens with two attached hydrogens (primary N) is 4. The summed E-state index contributed by atoms with van der Waals surface area (Å²) < 4.78 is 0. The monoisotopic (exact) mass is 286 g/mol. The summed E-state index contributed by atoms with van der Waals surface area (Å²) in [7, 11) is 0. The molecular weight excluding hydrogens is 248 g/mol. The predicted molar refractivity (Wildman–Crippen MR) is 89.5 cm³/mol. The van der Waals surface area contributed by atoms with Gasteiger partial charge in [-0.05, 0) is 38.8 Å². The van der Waals surface area contributed by atoms with Gasteiger partial charge < -0.3 is 22.9 Å². The molecule has 0 heterocycles. The van der Waals surface area contributed by atoms with Gasteiger partial charge in [0.25, 0.3) is 0 Å². The number of unbranched alkanes of at least 4 members (excludes halogenated alkanes) is 8. The van der Waals surface area contributed by atoms with Crippen LogP contribution in [-0.2, 0) is 0 Å². The van der Waals surface area contributed by atoms with Gasteiger partial charge in [-0.25, -0.2) is 0 Å². The highest BCUT2D eigenvalue weighted by atomic mass is 14.8. The fraction of sp³-hybridized carbons (Fsp3) is 1.00. The Morgan fingerprint density at radius 2 is 0.800 bits per heavy atom. The van der Waals surface area contributed by atoms with Gasteiger partial charge in [0, 0.05) is 12.1 Å². The summed E-state index contributed by atoms with van der Waals surface area (Å²) in [4.78, 5) is 0. The Balaban J connectivity index is 3.22. The smallest absolute Gasteiger partial charge is 0.0192 e. The Morgan fingerprint density at radius 1 is 0.450 bits per heavy atom. The molecule has 0 aliphatic heterocycles. The van der Waals surface area contributed by atoms with Gasteiger partial charge in [0.1, 0.15) is 0 Å². The normalized spacial score (nSPS) is 14.4. The molecule has 0 aromatic rings. The van der Waals surface area contributed by atoms with E-state index in [0.29, 0.717) is 6.54 Å². The lowest BCUT2D eigenvalue weighted by Crippen LogP contribution is -2.41. The molecule has 2 unspecified atom stereocenters. The lowest BCUT2D eigenvalue weighted by atomic mass is 9.98. The molecule has 0 amide bonds. The summed E-state index contributed by atoms with van der Waals surface area (Å²) in [6, 6.07) is 0.277. The maximum absolute atomic E-state index is 6.09. The average molecular weight is 287 g/mol. The van der Waals surface area contributed by atoms with Crippen molar-refractivity contribution < 1.29 is 0 Å². The van der Waals surface area contributed by atoms with Gasteiger partial charge in [-0.1, -0.05) is 51.4 Å². The zero-order chi connectivity index (χ0) is 15.1. The van der Waals surface area contributed by atoms with E-state index in [1.807, 2.05) is 0 Å². The quantitative estimate of drug-likeness (QED) is 0.346. The maximum atomic E-state index is 6.09. The summed E-state index contributed by atoms with van der Waals surface area (Å²) in [5.41, 5.74) is 23.1. The standard InChI is InChI=1S/C16H38N4/c17-13-9-7-5-3-1-2-4-6-8-11-15(19)16(20)12-10-14-18/h15-16H,1-14,17-20H2. The van der Waals surface area contributed by atoms with Gasteiger partial charge >= 0.3 is 0 Å². The molecule has 0 bridgehead atoms. The topological polar surface area (TPSA) is 104 Å². The average Bonchev–Trinajstić information content (AvgIpc) is 2.46. The van der Waals surface area contributed by atoms with Gasteiger partial charge in [0.05, 0.1) is 0 Å². The van der Waals surface area contributed by atoms with Crippen molar-refractivity contribution in [2.45, 2.75) is 89.1 Å². The van der Waals surface area contributed by atoms with Crippen molar-refractivity contribution in [2.24, 2.45) is 22.9 Å². The molecule has 0 rings (SSSR count). The molecular formula is C16H38N4. The van der Waals surface area contributed by atoms with Crippen LogP contribution in [0.25, 0.3) is 0 Å². The molecule has 2 atom stereocenters. The van der Waals surface area contributed by atoms with E-state index in [1.54, 1.807) is 0 Å². The van der Waals surface area contributed by atoms with E-state index in [4.69, 9.17) is 22.9 Å². The fourth-order valence-electron chi connectivity index (χ4n) is 2.54. The third-order valence-electron chi connectivity index (χ3n) is 4.03. The fourth-order valence-corrected chi connectivity index (χ4v) is 2.54. The van der Waals surface area contributed by atoms with Gasteiger partial charge in [-0.15, -0.1) is 0 Å². The molecule has 4 heteroatoms. The second-order valence-electron chi connectivity index (χ2n) is 6.02. The molecule has 0 aromatic heterocycles. The van der Waals surface area contributed by atoms with E-state index < -0.39 is 0 Å². The minimum absolute atomic E-state index is 0.126. The van der Waals surface area contributed by atoms with E-state index in [0.717, 1.165) is 25.8 Å². The van der Waals surface area contributed by atoms with Crippen LogP contribution >= 0.6 is 0 Å². The van der Waals surface area contributed by atoms with Gasteiger partial charge in [0.2, 0.25) is 0 Å². The summed E-state index contributed by atoms with van der Waals surface area (Å²) in [5, 5.41) is 0. The lowest BCUT2D eigenvalue weighted by molar-refractivity contribution is 0.439. The zero-order valence-corrected chi connectivity index (χ0v) is 13.4. The van der Waals surface area contributed by atoms with Crippen molar-refractivity contribution in [3.63, 3.8) is 0 Å². The van der Waals surface area contributed by atoms with Crippen LogP contribution in [0.2, 0.25) is 0 Å². The Hall–Kier alpha value is -0.160. The summed E-state index contributed by atoms with van der Waals surface area (Å²) in [6.45, 7) is 1.55. The minimum Gasteiger partial charge on any atom is -0.330 e. The first-order chi connectivity index (χ1) is 9.72. The summed E-state index contributed by atoms with van der Waals surface area (Å²) in [5.74, 6) is 0. The molecule has 0 radical (unpaired) electrons. The third-order valence-corrected chi connectivity index (χ3v) is 4.03. The van der Waals surface area contributed by atoms with E-state index in [1.165, 1.54) is 57.8 Å². The Kier molecular flexibility index (Phi) is 15.1. The van der Waals surface area contributed by atoms with Crippen molar-refractivity contribution in [3.8, 4) is 0 Å². The van der Waals surface area contributed by atoms with Crippen LogP contribution in [-0.4, -0.2) is 25.2 Å². The molecule has 8 N–H and O–H groups in total. The molecule has 0 aromatic carbocycles. The van der Waals surface area contributed by atoms with Crippen LogP contribution in [0.4, 0.5) is 0 Å². The number of hydrogen-bond acceptors (Lipinski definition) is 4. The molecule has 0 aliphatic rings. The zero-order valence-electron chi connectivity index (χ0n) is 13.4. The van der Waals surface area contributed by atoms with Gasteiger partial charge in [-0.2, -0.15) is 0 Å². The first-order valence-electron chi connectivity index (χ1n) is 8.63. The minimum atomic E-state index is 0.126. The van der Waals surface area contributed by atoms with E-state index in [-0.39, 0.29) is 12.1 Å². The highest BCUT2D eigenvalue weighted by molar-refractivity contribution is 4.75. The maximum Gasteiger partial charge on any atom is 0.0192 e. The van der Waals surface area contributed by atoms with E-state index in [2.05, 4.69) is 0 Å². The molecule has 0 aliphatic carbocycles. The highest BCUT2D eigenvalue weighted by Crippen LogP contribution is 2.12. The third kappa shape index (κ3) is 12.9. The molecule has 0 fully saturated rings. The Labute approximate surface area is 126 Å². The summed E-state index contributed by atoms with van der Waals surface area (Å²) in [6.07, 6.45) is 14.8. The van der Waals surface area contributed by atoms with Crippen molar-refractivity contribution in [1.82, 2.24) is 0 Å². The van der Waals surface area contributed by atoms with Gasteiger partial charge in [-0.3, -0.25) is 0 Å². The van der Waals surface area contributed by atoms with Crippen LogP contribution in [0.5, 0.6) is 0 Å². The van der Waals surface area contributed by atoms with E-state index in [9.17, 15) is 0 Å². The van der Waals surface area contributed by atoms with Crippen LogP contribution in [0.3, 0.4) is 0 Å². The summed E-state index contributed by atoms with van der Waals surface area (Å²) >= 11 is 0. The molecule has 20 heavy (non-hydrogen) atoms. The second-order valence-corrected chi connectivity index (χ2v) is 6.02. The first-order valence-corrected chi connectivity index (χ1v) is 8.63. The molecule has 0 saturated carbocycles. The van der Waals surface area contributed by atoms with Gasteiger partial charge in [0.15, 0.2) is 0 Å². The first kappa shape index (κ1) is 19.8. The highest BCUT2D eigenvalue weighted by Gasteiger charge is 2.11. The largest absolute Gasteiger partial charge is 0.330 e. The lowest BCUT2D eigenvalue weighted by Gasteiger charge is -2.19. The number of rotatable bonds is 15. The molecule has 122 valence electrons. The van der Waals surface area contributed by atoms with Crippen LogP contribution in [0.15, 0.2) is 0 Å². The number of hydrogen-bond donors (Lipinski definition) is 4. The van der Waals surface area contributed by atoms with Crippen LogP contribution in [0, 0.1) is 0 Å². The van der Waals surface area contributed by atoms with E-state index >= 15 is 0 Å². The SMILES string of the molecule is NCCCCCCCCCCCC(N)C(N)CCCN. The van der Waals surface area contributed by atoms with Crippen LogP contribution < -0.4 is 22.9 Å². The molecule has 0 saturated heterocycles. The van der Waals surface area contributed by atoms with Crippen molar-refractivity contribution in [2.75, 3.05) is 13.1 Å². The van der Waals surface area contributed by atoms with Crippen molar-refractivity contribution in [3.05, 3.63) is 0 Å². The molecule has 4 nitrogen and oxygen atoms in total. The Morgan fingerprint density at radius 3 is 1.25 bits per heavy atom. The van der Waals surface area contributed by atoms with Crippen molar-refractivity contribution in [1.29, 1.82) is 0 Å². The van der Waals surface area contributed by atoms with Crippen molar-refractivity contribution >= 4 is 0 Å². The predicted octanol–water partition coefficient (Wildman–Crippen LogP) is 2.24. The Bertz CT molecular complexity index is 187. The van der Waals surface area contributed by atoms with Crippen LogP contribution in [0.1, 0.15) is 77.0 Å².